The van der Waals surface area contributed by atoms with Gasteiger partial charge in [-0.05, 0) is 24.3 Å². The summed E-state index contributed by atoms with van der Waals surface area (Å²) in [5.74, 6) is -23.1. The van der Waals surface area contributed by atoms with E-state index in [1.54, 1.807) is 0 Å². The van der Waals surface area contributed by atoms with E-state index in [2.05, 4.69) is 4.74 Å². The Balaban J connectivity index is 0.0000137. The molecule has 0 bridgehead atoms. The standard InChI is InChI=1S/C15H5F17O4S.Na/c16-8(9(17,13(24,25)26)14(27,28)29)7(11(19,20)21)10(18,12(22,23)15(30,31)32)36-5-1-3-6(4-2-5)37(33,34)35;/h1-4H,(H,33,34,35);/q;+1/p-1. The third-order valence-electron chi connectivity index (χ3n) is 4.04. The smallest absolute Gasteiger partial charge is 0.744 e. The van der Waals surface area contributed by atoms with Crippen LogP contribution in [0.25, 0.3) is 0 Å². The molecule has 214 valence electrons. The molecule has 0 saturated carbocycles. The van der Waals surface area contributed by atoms with Gasteiger partial charge in [0.25, 0.3) is 0 Å². The topological polar surface area (TPSA) is 66.4 Å². The zero-order valence-electron chi connectivity index (χ0n) is 17.3. The summed E-state index contributed by atoms with van der Waals surface area (Å²) in [6.45, 7) is 0. The number of allylic oxidation sites excluding steroid dienone is 1. The number of ether oxygens (including phenoxy) is 1. The van der Waals surface area contributed by atoms with E-state index in [4.69, 9.17) is 0 Å². The van der Waals surface area contributed by atoms with E-state index in [0.29, 0.717) is 0 Å². The molecule has 0 aromatic heterocycles. The molecule has 0 amide bonds. The van der Waals surface area contributed by atoms with Gasteiger partial charge in [0.1, 0.15) is 15.9 Å². The van der Waals surface area contributed by atoms with E-state index in [0.717, 1.165) is 0 Å². The van der Waals surface area contributed by atoms with Crippen LogP contribution in [0.2, 0.25) is 0 Å². The fourth-order valence-electron chi connectivity index (χ4n) is 2.32. The zero-order chi connectivity index (χ0) is 29.8. The van der Waals surface area contributed by atoms with Gasteiger partial charge in [0, 0.05) is 0 Å². The minimum atomic E-state index is -8.01. The van der Waals surface area contributed by atoms with E-state index in [-0.39, 0.29) is 53.8 Å². The molecule has 1 unspecified atom stereocenters. The summed E-state index contributed by atoms with van der Waals surface area (Å²) < 4.78 is 261. The summed E-state index contributed by atoms with van der Waals surface area (Å²) in [5.41, 5.74) is -13.4. The molecule has 1 atom stereocenters. The van der Waals surface area contributed by atoms with E-state index >= 15 is 4.39 Å². The molecule has 0 fully saturated rings. The fourth-order valence-corrected chi connectivity index (χ4v) is 2.79. The molecule has 0 spiro atoms. The number of hydrogen-bond acceptors (Lipinski definition) is 4. The minimum absolute atomic E-state index is 0. The average molecular weight is 626 g/mol. The zero-order valence-corrected chi connectivity index (χ0v) is 20.1. The summed E-state index contributed by atoms with van der Waals surface area (Å²) in [6.07, 6.45) is -31.2. The summed E-state index contributed by atoms with van der Waals surface area (Å²) in [7, 11) is -5.50. The number of halogens is 17. The van der Waals surface area contributed by atoms with Gasteiger partial charge >= 0.3 is 71.7 Å². The van der Waals surface area contributed by atoms with Crippen LogP contribution in [-0.4, -0.2) is 55.1 Å². The van der Waals surface area contributed by atoms with Crippen molar-refractivity contribution in [1.29, 1.82) is 0 Å². The van der Waals surface area contributed by atoms with Crippen LogP contribution in [0.3, 0.4) is 0 Å². The third-order valence-corrected chi connectivity index (χ3v) is 4.89. The van der Waals surface area contributed by atoms with Crippen molar-refractivity contribution in [2.24, 2.45) is 0 Å². The van der Waals surface area contributed by atoms with E-state index in [1.165, 1.54) is 0 Å². The molecule has 4 nitrogen and oxygen atoms in total. The molecule has 1 rings (SSSR count). The third kappa shape index (κ3) is 6.44. The van der Waals surface area contributed by atoms with Gasteiger partial charge in [0.05, 0.1) is 4.90 Å². The van der Waals surface area contributed by atoms with Gasteiger partial charge in [-0.3, -0.25) is 0 Å². The van der Waals surface area contributed by atoms with Gasteiger partial charge in [-0.15, -0.1) is 0 Å². The molecule has 0 saturated heterocycles. The van der Waals surface area contributed by atoms with Gasteiger partial charge in [-0.25, -0.2) is 17.2 Å². The molecule has 1 aromatic carbocycles. The van der Waals surface area contributed by atoms with Crippen LogP contribution < -0.4 is 34.3 Å². The average Bonchev–Trinajstić information content (AvgIpc) is 2.62. The predicted molar refractivity (Wildman–Crippen MR) is 80.0 cm³/mol. The van der Waals surface area contributed by atoms with Crippen LogP contribution in [0.1, 0.15) is 0 Å². The SMILES string of the molecule is O=S(=O)([O-])c1ccc(OC(F)(C(=C(F)C(F)(C(F)(F)F)C(F)(F)F)C(F)(F)F)C(F)(F)C(F)(F)F)cc1.[Na+]. The maximum Gasteiger partial charge on any atom is 1.00 e. The molecule has 0 N–H and O–H groups in total. The van der Waals surface area contributed by atoms with E-state index < -0.39 is 74.3 Å². The van der Waals surface area contributed by atoms with Crippen molar-refractivity contribution in [3.63, 3.8) is 0 Å². The summed E-state index contributed by atoms with van der Waals surface area (Å²) in [6, 6.07) is -1.06. The van der Waals surface area contributed by atoms with Gasteiger partial charge in [-0.1, -0.05) is 0 Å². The van der Waals surface area contributed by atoms with Crippen molar-refractivity contribution < 1.29 is 122 Å². The molecule has 38 heavy (non-hydrogen) atoms. The van der Waals surface area contributed by atoms with Crippen LogP contribution in [0.15, 0.2) is 40.6 Å². The van der Waals surface area contributed by atoms with Crippen molar-refractivity contribution in [1.82, 2.24) is 0 Å². The fraction of sp³-hybridized carbons (Fsp3) is 0.467. The van der Waals surface area contributed by atoms with Crippen LogP contribution in [0.4, 0.5) is 74.6 Å². The quantitative estimate of drug-likeness (QED) is 0.276. The van der Waals surface area contributed by atoms with Crippen molar-refractivity contribution in [2.45, 2.75) is 47.0 Å². The molecule has 0 radical (unpaired) electrons. The number of hydrogen-bond donors (Lipinski definition) is 0. The maximum absolute atomic E-state index is 15.0. The van der Waals surface area contributed by atoms with Crippen molar-refractivity contribution in [2.75, 3.05) is 0 Å². The van der Waals surface area contributed by atoms with Crippen LogP contribution in [-0.2, 0) is 10.1 Å². The predicted octanol–water partition coefficient (Wildman–Crippen LogP) is 3.46. The van der Waals surface area contributed by atoms with E-state index in [9.17, 15) is 83.2 Å². The molecule has 1 aromatic rings. The van der Waals surface area contributed by atoms with Crippen molar-refractivity contribution in [3.05, 3.63) is 35.7 Å². The van der Waals surface area contributed by atoms with Crippen LogP contribution >= 0.6 is 0 Å². The molecule has 0 aliphatic carbocycles. The maximum atomic E-state index is 15.0. The van der Waals surface area contributed by atoms with Gasteiger partial charge in [0.2, 0.25) is 0 Å². The van der Waals surface area contributed by atoms with Crippen molar-refractivity contribution in [3.8, 4) is 5.75 Å². The Labute approximate surface area is 220 Å². The molecular weight excluding hydrogens is 622 g/mol. The largest absolute Gasteiger partial charge is 1.00 e. The Morgan fingerprint density at radius 3 is 1.32 bits per heavy atom. The second-order valence-corrected chi connectivity index (χ2v) is 7.92. The Hall–Kier alpha value is -1.52. The minimum Gasteiger partial charge on any atom is -0.744 e. The Bertz CT molecular complexity index is 1120. The first kappa shape index (κ1) is 36.5. The van der Waals surface area contributed by atoms with Crippen molar-refractivity contribution >= 4 is 10.1 Å². The van der Waals surface area contributed by atoms with E-state index in [1.807, 2.05) is 0 Å². The van der Waals surface area contributed by atoms with Gasteiger partial charge in [-0.2, -0.15) is 65.9 Å². The molecular formula is C15H4F17NaO4S. The molecule has 0 heterocycles. The number of rotatable bonds is 6. The number of benzene rings is 1. The normalized spacial score (nSPS) is 16.8. The summed E-state index contributed by atoms with van der Waals surface area (Å²) in [4.78, 5) is -1.44. The Morgan fingerprint density at radius 2 is 1.05 bits per heavy atom. The number of alkyl halides is 16. The molecule has 23 heteroatoms. The summed E-state index contributed by atoms with van der Waals surface area (Å²) >= 11 is 0. The first-order valence-corrected chi connectivity index (χ1v) is 9.55. The molecule has 0 aliphatic rings. The van der Waals surface area contributed by atoms with Gasteiger partial charge in [0.15, 0.2) is 11.4 Å². The second kappa shape index (κ2) is 10.5. The van der Waals surface area contributed by atoms with Gasteiger partial charge < -0.3 is 9.29 Å². The monoisotopic (exact) mass is 626 g/mol. The summed E-state index contributed by atoms with van der Waals surface area (Å²) in [5, 5.41) is 0. The first-order valence-electron chi connectivity index (χ1n) is 8.15. The first-order chi connectivity index (χ1) is 16.0. The van der Waals surface area contributed by atoms with Crippen LogP contribution in [0.5, 0.6) is 5.75 Å². The Kier molecular flexibility index (Phi) is 10.0. The second-order valence-electron chi connectivity index (χ2n) is 6.54. The Morgan fingerprint density at radius 1 is 0.684 bits per heavy atom. The van der Waals surface area contributed by atoms with Crippen LogP contribution in [0, 0.1) is 0 Å². The molecule has 0 aliphatic heterocycles.